The maximum absolute atomic E-state index is 9.61. The molecular weight excluding hydrogens is 238 g/mol. The second-order valence-corrected chi connectivity index (χ2v) is 4.82. The molecule has 19 heavy (non-hydrogen) atoms. The quantitative estimate of drug-likeness (QED) is 0.879. The van der Waals surface area contributed by atoms with Crippen LogP contribution in [0.4, 0.5) is 0 Å². The highest BCUT2D eigenvalue weighted by molar-refractivity contribution is 5.14. The van der Waals surface area contributed by atoms with Crippen LogP contribution in [0.5, 0.6) is 0 Å². The lowest BCUT2D eigenvalue weighted by Gasteiger charge is -2.31. The molecule has 0 saturated carbocycles. The Balaban J connectivity index is 0.000000861. The van der Waals surface area contributed by atoms with E-state index < -0.39 is 6.29 Å². The average molecular weight is 265 g/mol. The zero-order valence-corrected chi connectivity index (χ0v) is 12.3. The summed E-state index contributed by atoms with van der Waals surface area (Å²) in [6.07, 6.45) is 1.62. The van der Waals surface area contributed by atoms with Gasteiger partial charge >= 0.3 is 0 Å². The van der Waals surface area contributed by atoms with Crippen LogP contribution >= 0.6 is 0 Å². The number of hydrogen-bond acceptors (Lipinski definition) is 3. The van der Waals surface area contributed by atoms with Gasteiger partial charge in [0, 0.05) is 19.0 Å². The highest BCUT2D eigenvalue weighted by atomic mass is 16.6. The number of hydrogen-bond donors (Lipinski definition) is 2. The van der Waals surface area contributed by atoms with E-state index >= 15 is 0 Å². The zero-order chi connectivity index (χ0) is 14.1. The van der Waals surface area contributed by atoms with E-state index in [-0.39, 0.29) is 12.0 Å². The van der Waals surface area contributed by atoms with Crippen molar-refractivity contribution in [3.63, 3.8) is 0 Å². The predicted octanol–water partition coefficient (Wildman–Crippen LogP) is 2.94. The molecule has 2 N–H and O–H groups in total. The van der Waals surface area contributed by atoms with Gasteiger partial charge in [0.2, 0.25) is 0 Å². The number of aliphatic hydroxyl groups is 1. The minimum Gasteiger partial charge on any atom is -0.368 e. The maximum Gasteiger partial charge on any atom is 0.157 e. The molecule has 1 heterocycles. The molecular formula is C16H27NO2. The van der Waals surface area contributed by atoms with Gasteiger partial charge in [-0.25, -0.2) is 0 Å². The summed E-state index contributed by atoms with van der Waals surface area (Å²) in [7, 11) is 0. The first kappa shape index (κ1) is 16.2. The van der Waals surface area contributed by atoms with Gasteiger partial charge < -0.3 is 15.2 Å². The molecule has 0 aromatic heterocycles. The first-order valence-corrected chi connectivity index (χ1v) is 7.34. The van der Waals surface area contributed by atoms with Crippen LogP contribution in [0.1, 0.15) is 39.2 Å². The summed E-state index contributed by atoms with van der Waals surface area (Å²) in [5, 5.41) is 13.0. The van der Waals surface area contributed by atoms with Crippen LogP contribution in [0.15, 0.2) is 30.3 Å². The topological polar surface area (TPSA) is 41.5 Å². The molecule has 1 aliphatic rings. The lowest BCUT2D eigenvalue weighted by atomic mass is 9.99. The van der Waals surface area contributed by atoms with E-state index in [4.69, 9.17) is 4.74 Å². The molecule has 0 spiro atoms. The van der Waals surface area contributed by atoms with Crippen molar-refractivity contribution in [1.82, 2.24) is 5.32 Å². The summed E-state index contributed by atoms with van der Waals surface area (Å²) >= 11 is 0. The Morgan fingerprint density at radius 3 is 2.53 bits per heavy atom. The Hall–Kier alpha value is -0.900. The third-order valence-electron chi connectivity index (χ3n) is 3.31. The van der Waals surface area contributed by atoms with Gasteiger partial charge in [-0.1, -0.05) is 51.1 Å². The second kappa shape index (κ2) is 9.08. The Morgan fingerprint density at radius 2 is 1.89 bits per heavy atom. The molecule has 1 fully saturated rings. The van der Waals surface area contributed by atoms with E-state index in [9.17, 15) is 5.11 Å². The number of benzene rings is 1. The fourth-order valence-corrected chi connectivity index (χ4v) is 2.11. The molecule has 108 valence electrons. The summed E-state index contributed by atoms with van der Waals surface area (Å²) < 4.78 is 5.53. The van der Waals surface area contributed by atoms with Crippen LogP contribution in [0, 0.1) is 5.92 Å². The monoisotopic (exact) mass is 265 g/mol. The van der Waals surface area contributed by atoms with Gasteiger partial charge in [-0.2, -0.15) is 0 Å². The van der Waals surface area contributed by atoms with Gasteiger partial charge in [0.25, 0.3) is 0 Å². The first-order chi connectivity index (χ1) is 9.25. The average Bonchev–Trinajstić information content (AvgIpc) is 2.46. The van der Waals surface area contributed by atoms with Crippen molar-refractivity contribution in [2.45, 2.75) is 52.6 Å². The number of rotatable bonds is 4. The molecule has 0 aliphatic carbocycles. The third kappa shape index (κ3) is 5.72. The number of aliphatic hydroxyl groups excluding tert-OH is 1. The van der Waals surface area contributed by atoms with Gasteiger partial charge in [0.1, 0.15) is 0 Å². The first-order valence-electron chi connectivity index (χ1n) is 7.34. The maximum atomic E-state index is 9.61. The van der Waals surface area contributed by atoms with E-state index in [1.54, 1.807) is 0 Å². The Morgan fingerprint density at radius 1 is 1.21 bits per heavy atom. The van der Waals surface area contributed by atoms with Crippen LogP contribution < -0.4 is 5.32 Å². The van der Waals surface area contributed by atoms with Gasteiger partial charge in [0.05, 0.1) is 6.10 Å². The van der Waals surface area contributed by atoms with E-state index in [0.717, 1.165) is 25.9 Å². The number of ether oxygens (including phenoxy) is 1. The lowest BCUT2D eigenvalue weighted by molar-refractivity contribution is -0.187. The van der Waals surface area contributed by atoms with Gasteiger partial charge in [-0.15, -0.1) is 0 Å². The summed E-state index contributed by atoms with van der Waals surface area (Å²) in [6, 6.07) is 10.3. The second-order valence-electron chi connectivity index (χ2n) is 4.82. The van der Waals surface area contributed by atoms with Crippen molar-refractivity contribution in [1.29, 1.82) is 0 Å². The van der Waals surface area contributed by atoms with E-state index in [1.165, 1.54) is 5.56 Å². The van der Waals surface area contributed by atoms with Crippen molar-refractivity contribution < 1.29 is 9.84 Å². The van der Waals surface area contributed by atoms with Gasteiger partial charge in [0.15, 0.2) is 6.29 Å². The Kier molecular flexibility index (Phi) is 7.72. The molecule has 3 heteroatoms. The lowest BCUT2D eigenvalue weighted by Crippen LogP contribution is -2.39. The number of nitrogens with one attached hydrogen (secondary N) is 1. The molecule has 1 aliphatic heterocycles. The smallest absolute Gasteiger partial charge is 0.157 e. The van der Waals surface area contributed by atoms with Crippen molar-refractivity contribution in [3.8, 4) is 0 Å². The van der Waals surface area contributed by atoms with Crippen molar-refractivity contribution in [2.24, 2.45) is 5.92 Å². The summed E-state index contributed by atoms with van der Waals surface area (Å²) in [5.41, 5.74) is 1.28. The minimum absolute atomic E-state index is 0.143. The van der Waals surface area contributed by atoms with E-state index in [1.807, 2.05) is 39.0 Å². The fraction of sp³-hybridized carbons (Fsp3) is 0.625. The van der Waals surface area contributed by atoms with Crippen LogP contribution in [0.3, 0.4) is 0 Å². The highest BCUT2D eigenvalue weighted by Gasteiger charge is 2.25. The SMILES string of the molecule is CC.CC1CCC(CNCc2ccccc2)OC1O. The molecule has 0 radical (unpaired) electrons. The van der Waals surface area contributed by atoms with Crippen LogP contribution in [-0.2, 0) is 11.3 Å². The van der Waals surface area contributed by atoms with Crippen molar-refractivity contribution in [3.05, 3.63) is 35.9 Å². The van der Waals surface area contributed by atoms with E-state index in [2.05, 4.69) is 17.4 Å². The molecule has 1 saturated heterocycles. The summed E-state index contributed by atoms with van der Waals surface area (Å²) in [4.78, 5) is 0. The fourth-order valence-electron chi connectivity index (χ4n) is 2.11. The Bertz CT molecular complexity index is 329. The third-order valence-corrected chi connectivity index (χ3v) is 3.31. The highest BCUT2D eigenvalue weighted by Crippen LogP contribution is 2.22. The largest absolute Gasteiger partial charge is 0.368 e. The van der Waals surface area contributed by atoms with Gasteiger partial charge in [-0.05, 0) is 18.4 Å². The molecule has 2 rings (SSSR count). The van der Waals surface area contributed by atoms with E-state index in [0.29, 0.717) is 0 Å². The zero-order valence-electron chi connectivity index (χ0n) is 12.3. The van der Waals surface area contributed by atoms with Crippen LogP contribution in [0.25, 0.3) is 0 Å². The van der Waals surface area contributed by atoms with Crippen LogP contribution in [0.2, 0.25) is 0 Å². The summed E-state index contributed by atoms with van der Waals surface area (Å²) in [6.45, 7) is 7.68. The predicted molar refractivity (Wildman–Crippen MR) is 78.8 cm³/mol. The molecule has 1 aromatic rings. The molecule has 3 nitrogen and oxygen atoms in total. The van der Waals surface area contributed by atoms with Crippen LogP contribution in [-0.4, -0.2) is 24.0 Å². The minimum atomic E-state index is -0.590. The molecule has 3 atom stereocenters. The molecule has 0 bridgehead atoms. The standard InChI is InChI=1S/C14H21NO2.C2H6/c1-11-7-8-13(17-14(11)16)10-15-9-12-5-3-2-4-6-12;1-2/h2-6,11,13-16H,7-10H2,1H3;1-2H3. The normalized spacial score (nSPS) is 26.4. The molecule has 0 amide bonds. The van der Waals surface area contributed by atoms with Crippen molar-refractivity contribution in [2.75, 3.05) is 6.54 Å². The van der Waals surface area contributed by atoms with Gasteiger partial charge in [-0.3, -0.25) is 0 Å². The molecule has 3 unspecified atom stereocenters. The molecule has 1 aromatic carbocycles. The summed E-state index contributed by atoms with van der Waals surface area (Å²) in [5.74, 6) is 0.264. The Labute approximate surface area is 117 Å². The van der Waals surface area contributed by atoms with Crippen molar-refractivity contribution >= 4 is 0 Å².